The number of nitrogens with one attached hydrogen (secondary N) is 2. The maximum absolute atomic E-state index is 12.9. The molecular formula is C22H25N5O2. The first-order chi connectivity index (χ1) is 14.2. The lowest BCUT2D eigenvalue weighted by Crippen LogP contribution is -2.51. The van der Waals surface area contributed by atoms with Gasteiger partial charge in [-0.05, 0) is 37.3 Å². The SMILES string of the molecule is O=C(Cc1c[nH]c2ccccc12)N1CCN(C(=O)c2n[nH]c3c2CCCC3)CC1. The summed E-state index contributed by atoms with van der Waals surface area (Å²) in [7, 11) is 0. The minimum Gasteiger partial charge on any atom is -0.361 e. The molecule has 3 aromatic rings. The zero-order valence-corrected chi connectivity index (χ0v) is 16.4. The third kappa shape index (κ3) is 3.30. The smallest absolute Gasteiger partial charge is 0.274 e. The Balaban J connectivity index is 1.22. The highest BCUT2D eigenvalue weighted by Gasteiger charge is 2.29. The van der Waals surface area contributed by atoms with E-state index < -0.39 is 0 Å². The van der Waals surface area contributed by atoms with Gasteiger partial charge in [0.25, 0.3) is 5.91 Å². The van der Waals surface area contributed by atoms with Crippen LogP contribution in [0.1, 0.15) is 40.2 Å². The van der Waals surface area contributed by atoms with E-state index >= 15 is 0 Å². The number of carbonyl (C=O) groups is 2. The molecule has 2 aromatic heterocycles. The van der Waals surface area contributed by atoms with Crippen LogP contribution >= 0.6 is 0 Å². The Morgan fingerprint density at radius 1 is 1.00 bits per heavy atom. The number of H-pyrrole nitrogens is 2. The Kier molecular flexibility index (Phi) is 4.58. The number of aromatic nitrogens is 3. The normalized spacial score (nSPS) is 16.8. The van der Waals surface area contributed by atoms with E-state index in [1.165, 1.54) is 0 Å². The fraction of sp³-hybridized carbons (Fsp3) is 0.409. The molecule has 5 rings (SSSR count). The number of carbonyl (C=O) groups excluding carboxylic acids is 2. The second kappa shape index (κ2) is 7.39. The van der Waals surface area contributed by atoms with Gasteiger partial charge in [-0.2, -0.15) is 5.10 Å². The van der Waals surface area contributed by atoms with Crippen LogP contribution < -0.4 is 0 Å². The molecule has 0 radical (unpaired) electrons. The van der Waals surface area contributed by atoms with E-state index in [0.29, 0.717) is 38.3 Å². The summed E-state index contributed by atoms with van der Waals surface area (Å²) in [5.74, 6) is 0.104. The van der Waals surface area contributed by atoms with Gasteiger partial charge in [-0.25, -0.2) is 0 Å². The van der Waals surface area contributed by atoms with E-state index in [0.717, 1.165) is 53.4 Å². The van der Waals surface area contributed by atoms with Crippen molar-refractivity contribution < 1.29 is 9.59 Å². The summed E-state index contributed by atoms with van der Waals surface area (Å²) in [5, 5.41) is 8.45. The van der Waals surface area contributed by atoms with E-state index in [2.05, 4.69) is 15.2 Å². The van der Waals surface area contributed by atoms with Crippen LogP contribution in [0.4, 0.5) is 0 Å². The second-order valence-corrected chi connectivity index (χ2v) is 7.95. The van der Waals surface area contributed by atoms with E-state index in [1.54, 1.807) is 0 Å². The summed E-state index contributed by atoms with van der Waals surface area (Å²) in [6, 6.07) is 8.02. The van der Waals surface area contributed by atoms with Crippen molar-refractivity contribution in [2.75, 3.05) is 26.2 Å². The van der Waals surface area contributed by atoms with E-state index in [-0.39, 0.29) is 11.8 Å². The first-order valence-corrected chi connectivity index (χ1v) is 10.4. The van der Waals surface area contributed by atoms with Crippen LogP contribution in [0.3, 0.4) is 0 Å². The van der Waals surface area contributed by atoms with Crippen molar-refractivity contribution in [2.45, 2.75) is 32.1 Å². The number of benzene rings is 1. The van der Waals surface area contributed by atoms with Crippen molar-refractivity contribution in [1.82, 2.24) is 25.0 Å². The van der Waals surface area contributed by atoms with Gasteiger partial charge in [0.05, 0.1) is 6.42 Å². The number of amides is 2. The summed E-state index contributed by atoms with van der Waals surface area (Å²) < 4.78 is 0. The molecule has 1 aliphatic heterocycles. The van der Waals surface area contributed by atoms with Crippen molar-refractivity contribution in [3.63, 3.8) is 0 Å². The van der Waals surface area contributed by atoms with Gasteiger partial charge >= 0.3 is 0 Å². The number of fused-ring (bicyclic) bond motifs is 2. The zero-order valence-electron chi connectivity index (χ0n) is 16.4. The van der Waals surface area contributed by atoms with Gasteiger partial charge in [0.2, 0.25) is 5.91 Å². The lowest BCUT2D eigenvalue weighted by atomic mass is 9.95. The largest absolute Gasteiger partial charge is 0.361 e. The van der Waals surface area contributed by atoms with Gasteiger partial charge in [-0.1, -0.05) is 18.2 Å². The van der Waals surface area contributed by atoms with Gasteiger partial charge < -0.3 is 14.8 Å². The molecule has 7 heteroatoms. The first kappa shape index (κ1) is 18.0. The second-order valence-electron chi connectivity index (χ2n) is 7.95. The average Bonchev–Trinajstić information content (AvgIpc) is 3.38. The topological polar surface area (TPSA) is 85.1 Å². The molecule has 0 spiro atoms. The third-order valence-electron chi connectivity index (χ3n) is 6.20. The first-order valence-electron chi connectivity index (χ1n) is 10.4. The van der Waals surface area contributed by atoms with Gasteiger partial charge in [0.15, 0.2) is 5.69 Å². The predicted molar refractivity (Wildman–Crippen MR) is 110 cm³/mol. The molecule has 2 amide bonds. The molecule has 150 valence electrons. The highest BCUT2D eigenvalue weighted by atomic mass is 16.2. The van der Waals surface area contributed by atoms with Crippen LogP contribution in [-0.2, 0) is 24.1 Å². The van der Waals surface area contributed by atoms with Crippen molar-refractivity contribution in [2.24, 2.45) is 0 Å². The zero-order chi connectivity index (χ0) is 19.8. The number of hydrogen-bond acceptors (Lipinski definition) is 3. The Labute approximate surface area is 169 Å². The molecule has 0 saturated carbocycles. The monoisotopic (exact) mass is 391 g/mol. The number of aromatic amines is 2. The van der Waals surface area contributed by atoms with Crippen LogP contribution in [0.5, 0.6) is 0 Å². The fourth-order valence-corrected chi connectivity index (χ4v) is 4.52. The number of piperazine rings is 1. The predicted octanol–water partition coefficient (Wildman–Crippen LogP) is 2.30. The average molecular weight is 391 g/mol. The number of para-hydroxylation sites is 1. The maximum atomic E-state index is 12.9. The molecule has 1 fully saturated rings. The van der Waals surface area contributed by atoms with E-state index in [4.69, 9.17) is 0 Å². The Hall–Kier alpha value is -3.09. The minimum atomic E-state index is -0.00636. The van der Waals surface area contributed by atoms with E-state index in [1.807, 2.05) is 40.3 Å². The molecule has 1 saturated heterocycles. The Morgan fingerprint density at radius 2 is 1.76 bits per heavy atom. The van der Waals surface area contributed by atoms with Gasteiger partial charge in [0.1, 0.15) is 0 Å². The number of hydrogen-bond donors (Lipinski definition) is 2. The number of nitrogens with zero attached hydrogens (tertiary/aromatic N) is 3. The van der Waals surface area contributed by atoms with Crippen LogP contribution in [0.15, 0.2) is 30.5 Å². The molecule has 3 heterocycles. The summed E-state index contributed by atoms with van der Waals surface area (Å²) in [4.78, 5) is 32.7. The molecule has 1 aliphatic carbocycles. The Bertz CT molecular complexity index is 1060. The van der Waals surface area contributed by atoms with E-state index in [9.17, 15) is 9.59 Å². The van der Waals surface area contributed by atoms with Gasteiger partial charge in [-0.15, -0.1) is 0 Å². The fourth-order valence-electron chi connectivity index (χ4n) is 4.52. The maximum Gasteiger partial charge on any atom is 0.274 e. The van der Waals surface area contributed by atoms with Crippen LogP contribution in [0.2, 0.25) is 0 Å². The van der Waals surface area contributed by atoms with Crippen molar-refractivity contribution in [1.29, 1.82) is 0 Å². The molecular weight excluding hydrogens is 366 g/mol. The Morgan fingerprint density at radius 3 is 2.62 bits per heavy atom. The summed E-state index contributed by atoms with van der Waals surface area (Å²) in [6.45, 7) is 2.25. The van der Waals surface area contributed by atoms with Crippen molar-refractivity contribution in [3.8, 4) is 0 Å². The minimum absolute atomic E-state index is 0.00636. The van der Waals surface area contributed by atoms with Crippen LogP contribution in [0, 0.1) is 0 Å². The highest BCUT2D eigenvalue weighted by molar-refractivity contribution is 5.94. The molecule has 7 nitrogen and oxygen atoms in total. The molecule has 0 unspecified atom stereocenters. The quantitative estimate of drug-likeness (QED) is 0.718. The molecule has 2 N–H and O–H groups in total. The highest BCUT2D eigenvalue weighted by Crippen LogP contribution is 2.24. The van der Waals surface area contributed by atoms with Crippen LogP contribution in [-0.4, -0.2) is 63.0 Å². The van der Waals surface area contributed by atoms with Gasteiger partial charge in [0, 0.05) is 54.5 Å². The number of aryl methyl sites for hydroxylation is 1. The summed E-state index contributed by atoms with van der Waals surface area (Å²) in [6.07, 6.45) is 6.47. The molecule has 0 bridgehead atoms. The van der Waals surface area contributed by atoms with Crippen molar-refractivity contribution >= 4 is 22.7 Å². The molecule has 2 aliphatic rings. The summed E-state index contributed by atoms with van der Waals surface area (Å²) in [5.41, 5.74) is 4.87. The molecule has 29 heavy (non-hydrogen) atoms. The molecule has 1 aromatic carbocycles. The lowest BCUT2D eigenvalue weighted by Gasteiger charge is -2.34. The van der Waals surface area contributed by atoms with Crippen molar-refractivity contribution in [3.05, 3.63) is 53.0 Å². The standard InChI is InChI=1S/C22H25N5O2/c28-20(13-15-14-23-18-7-3-1-5-16(15)18)26-9-11-27(12-10-26)22(29)21-17-6-2-4-8-19(17)24-25-21/h1,3,5,7,14,23H,2,4,6,8-13H2,(H,24,25). The third-order valence-corrected chi connectivity index (χ3v) is 6.20. The molecule has 0 atom stereocenters. The van der Waals surface area contributed by atoms with Crippen LogP contribution in [0.25, 0.3) is 10.9 Å². The lowest BCUT2D eigenvalue weighted by molar-refractivity contribution is -0.131. The summed E-state index contributed by atoms with van der Waals surface area (Å²) >= 11 is 0. The number of rotatable bonds is 3. The van der Waals surface area contributed by atoms with Gasteiger partial charge in [-0.3, -0.25) is 14.7 Å².